The summed E-state index contributed by atoms with van der Waals surface area (Å²) in [6.07, 6.45) is 2.03. The van der Waals surface area contributed by atoms with Gasteiger partial charge in [0, 0.05) is 4.47 Å². The fourth-order valence-electron chi connectivity index (χ4n) is 2.41. The highest BCUT2D eigenvalue weighted by Crippen LogP contribution is 2.15. The van der Waals surface area contributed by atoms with Crippen molar-refractivity contribution in [2.45, 2.75) is 32.9 Å². The number of carbonyl (C=O) groups excluding carboxylic acids is 2. The number of nitrogens with one attached hydrogen (secondary N) is 1. The van der Waals surface area contributed by atoms with Crippen molar-refractivity contribution in [2.75, 3.05) is 7.11 Å². The Morgan fingerprint density at radius 1 is 1.40 bits per heavy atom. The molecule has 0 aliphatic carbocycles. The van der Waals surface area contributed by atoms with Gasteiger partial charge in [0.05, 0.1) is 24.3 Å². The number of esters is 1. The highest BCUT2D eigenvalue weighted by Gasteiger charge is 2.26. The molecule has 0 unspecified atom stereocenters. The quantitative estimate of drug-likeness (QED) is 0.735. The van der Waals surface area contributed by atoms with Gasteiger partial charge in [0.15, 0.2) is 0 Å². The van der Waals surface area contributed by atoms with Crippen molar-refractivity contribution in [3.05, 3.63) is 39.4 Å². The Morgan fingerprint density at radius 2 is 2.12 bits per heavy atom. The van der Waals surface area contributed by atoms with E-state index < -0.39 is 17.9 Å². The number of benzene rings is 1. The van der Waals surface area contributed by atoms with Crippen molar-refractivity contribution in [3.63, 3.8) is 0 Å². The largest absolute Gasteiger partial charge is 0.467 e. The molecule has 2 rings (SSSR count). The lowest BCUT2D eigenvalue weighted by Gasteiger charge is -2.22. The van der Waals surface area contributed by atoms with Gasteiger partial charge in [-0.25, -0.2) is 9.78 Å². The molecular weight excluding hydrogens is 390 g/mol. The Labute approximate surface area is 153 Å². The number of aromatic nitrogens is 2. The second kappa shape index (κ2) is 8.24. The normalized spacial score (nSPS) is 13.3. The van der Waals surface area contributed by atoms with Crippen LogP contribution in [0.25, 0.3) is 10.9 Å². The first-order chi connectivity index (χ1) is 11.9. The summed E-state index contributed by atoms with van der Waals surface area (Å²) in [6, 6.07) is 4.43. The summed E-state index contributed by atoms with van der Waals surface area (Å²) in [6.45, 7) is 3.55. The molecule has 134 valence electrons. The third-order valence-corrected chi connectivity index (χ3v) is 4.58. The van der Waals surface area contributed by atoms with Crippen LogP contribution in [0.15, 0.2) is 33.8 Å². The van der Waals surface area contributed by atoms with E-state index in [-0.39, 0.29) is 18.0 Å². The zero-order valence-corrected chi connectivity index (χ0v) is 15.9. The number of nitrogens with zero attached hydrogens (tertiary/aromatic N) is 2. The third-order valence-electron chi connectivity index (χ3n) is 4.08. The number of hydrogen-bond donors (Lipinski definition) is 1. The molecule has 1 aromatic carbocycles. The molecule has 1 heterocycles. The molecule has 2 atom stereocenters. The Balaban J connectivity index is 2.22. The van der Waals surface area contributed by atoms with E-state index in [0.29, 0.717) is 17.3 Å². The number of methoxy groups -OCH3 is 1. The SMILES string of the molecule is CC[C@@H](C)[C@@H](NC(=O)Cn1cnc2ccc(Br)cc2c1=O)C(=O)OC. The van der Waals surface area contributed by atoms with Crippen LogP contribution in [0, 0.1) is 5.92 Å². The molecule has 0 bridgehead atoms. The van der Waals surface area contributed by atoms with E-state index in [1.54, 1.807) is 18.2 Å². The first-order valence-electron chi connectivity index (χ1n) is 7.89. The zero-order chi connectivity index (χ0) is 18.6. The molecule has 1 aromatic heterocycles. The smallest absolute Gasteiger partial charge is 0.328 e. The van der Waals surface area contributed by atoms with Gasteiger partial charge in [0.2, 0.25) is 5.91 Å². The van der Waals surface area contributed by atoms with Crippen molar-refractivity contribution in [1.82, 2.24) is 14.9 Å². The lowest BCUT2D eigenvalue weighted by Crippen LogP contribution is -2.47. The maximum absolute atomic E-state index is 12.5. The summed E-state index contributed by atoms with van der Waals surface area (Å²) in [5.41, 5.74) is 0.233. The highest BCUT2D eigenvalue weighted by atomic mass is 79.9. The Hall–Kier alpha value is -2.22. The minimum Gasteiger partial charge on any atom is -0.467 e. The van der Waals surface area contributed by atoms with Crippen molar-refractivity contribution in [2.24, 2.45) is 5.92 Å². The molecule has 1 N–H and O–H groups in total. The van der Waals surface area contributed by atoms with E-state index >= 15 is 0 Å². The molecular formula is C17H20BrN3O4. The zero-order valence-electron chi connectivity index (χ0n) is 14.3. The van der Waals surface area contributed by atoms with Crippen LogP contribution < -0.4 is 10.9 Å². The molecule has 25 heavy (non-hydrogen) atoms. The monoisotopic (exact) mass is 409 g/mol. The van der Waals surface area contributed by atoms with Crippen molar-refractivity contribution in [1.29, 1.82) is 0 Å². The van der Waals surface area contributed by atoms with Crippen LogP contribution in [-0.2, 0) is 20.9 Å². The van der Waals surface area contributed by atoms with Crippen LogP contribution in [0.1, 0.15) is 20.3 Å². The number of amides is 1. The first-order valence-corrected chi connectivity index (χ1v) is 8.68. The molecule has 0 radical (unpaired) electrons. The second-order valence-corrected chi connectivity index (χ2v) is 6.71. The number of carbonyl (C=O) groups is 2. The van der Waals surface area contributed by atoms with Gasteiger partial charge in [0.25, 0.3) is 5.56 Å². The van der Waals surface area contributed by atoms with E-state index in [1.807, 2.05) is 13.8 Å². The molecule has 0 aliphatic heterocycles. The lowest BCUT2D eigenvalue weighted by molar-refractivity contribution is -0.146. The summed E-state index contributed by atoms with van der Waals surface area (Å²) in [5.74, 6) is -1.04. The van der Waals surface area contributed by atoms with Gasteiger partial charge in [-0.15, -0.1) is 0 Å². The predicted molar refractivity (Wildman–Crippen MR) is 97.1 cm³/mol. The van der Waals surface area contributed by atoms with E-state index in [9.17, 15) is 14.4 Å². The van der Waals surface area contributed by atoms with Gasteiger partial charge >= 0.3 is 5.97 Å². The minimum absolute atomic E-state index is 0.0844. The first kappa shape index (κ1) is 19.1. The van der Waals surface area contributed by atoms with E-state index in [0.717, 1.165) is 4.47 Å². The van der Waals surface area contributed by atoms with Crippen LogP contribution in [0.5, 0.6) is 0 Å². The predicted octanol–water partition coefficient (Wildman–Crippen LogP) is 1.86. The molecule has 0 saturated carbocycles. The van der Waals surface area contributed by atoms with Crippen LogP contribution in [-0.4, -0.2) is 34.6 Å². The van der Waals surface area contributed by atoms with Gasteiger partial charge in [-0.2, -0.15) is 0 Å². The van der Waals surface area contributed by atoms with Crippen molar-refractivity contribution >= 4 is 38.7 Å². The van der Waals surface area contributed by atoms with Gasteiger partial charge in [-0.05, 0) is 24.1 Å². The van der Waals surface area contributed by atoms with Crippen molar-refractivity contribution < 1.29 is 14.3 Å². The number of halogens is 1. The highest BCUT2D eigenvalue weighted by molar-refractivity contribution is 9.10. The Bertz CT molecular complexity index is 849. The molecule has 0 spiro atoms. The average Bonchev–Trinajstić information content (AvgIpc) is 2.61. The minimum atomic E-state index is -0.749. The molecule has 0 fully saturated rings. The number of ether oxygens (including phenoxy) is 1. The molecule has 0 saturated heterocycles. The molecule has 8 heteroatoms. The van der Waals surface area contributed by atoms with Gasteiger partial charge in [0.1, 0.15) is 12.6 Å². The fourth-order valence-corrected chi connectivity index (χ4v) is 2.77. The van der Waals surface area contributed by atoms with Crippen molar-refractivity contribution in [3.8, 4) is 0 Å². The maximum Gasteiger partial charge on any atom is 0.328 e. The van der Waals surface area contributed by atoms with E-state index in [2.05, 4.69) is 26.2 Å². The third kappa shape index (κ3) is 4.45. The lowest BCUT2D eigenvalue weighted by atomic mass is 9.99. The Morgan fingerprint density at radius 3 is 2.76 bits per heavy atom. The molecule has 1 amide bonds. The molecule has 0 aliphatic rings. The summed E-state index contributed by atoms with van der Waals surface area (Å²) in [5, 5.41) is 3.06. The van der Waals surface area contributed by atoms with Crippen LogP contribution in [0.3, 0.4) is 0 Å². The summed E-state index contributed by atoms with van der Waals surface area (Å²) >= 11 is 3.32. The number of hydrogen-bond acceptors (Lipinski definition) is 5. The Kier molecular flexibility index (Phi) is 6.30. The summed E-state index contributed by atoms with van der Waals surface area (Å²) in [4.78, 5) is 40.9. The average molecular weight is 410 g/mol. The second-order valence-electron chi connectivity index (χ2n) is 5.79. The van der Waals surface area contributed by atoms with Gasteiger partial charge < -0.3 is 10.1 Å². The maximum atomic E-state index is 12.5. The molecule has 2 aromatic rings. The van der Waals surface area contributed by atoms with Crippen LogP contribution in [0.2, 0.25) is 0 Å². The number of rotatable bonds is 6. The van der Waals surface area contributed by atoms with Gasteiger partial charge in [-0.3, -0.25) is 14.2 Å². The fraction of sp³-hybridized carbons (Fsp3) is 0.412. The van der Waals surface area contributed by atoms with E-state index in [1.165, 1.54) is 18.0 Å². The number of fused-ring (bicyclic) bond motifs is 1. The van der Waals surface area contributed by atoms with Crippen LogP contribution >= 0.6 is 15.9 Å². The summed E-state index contributed by atoms with van der Waals surface area (Å²) < 4.78 is 6.71. The van der Waals surface area contributed by atoms with E-state index in [4.69, 9.17) is 4.74 Å². The molecule has 7 nitrogen and oxygen atoms in total. The summed E-state index contributed by atoms with van der Waals surface area (Å²) in [7, 11) is 1.28. The standard InChI is InChI=1S/C17H20BrN3O4/c1-4-10(2)15(17(24)25-3)20-14(22)8-21-9-19-13-6-5-11(18)7-12(13)16(21)23/h5-7,9-10,15H,4,8H2,1-3H3,(H,20,22)/t10-,15-/m1/s1. The van der Waals surface area contributed by atoms with Crippen LogP contribution in [0.4, 0.5) is 0 Å². The van der Waals surface area contributed by atoms with Gasteiger partial charge in [-0.1, -0.05) is 36.2 Å². The topological polar surface area (TPSA) is 90.3 Å².